The molecular weight excluding hydrogens is 294 g/mol. The van der Waals surface area contributed by atoms with Gasteiger partial charge in [0.05, 0.1) is 13.4 Å². The van der Waals surface area contributed by atoms with Crippen molar-refractivity contribution in [2.45, 2.75) is 6.54 Å². The van der Waals surface area contributed by atoms with Crippen molar-refractivity contribution >= 4 is 11.7 Å². The van der Waals surface area contributed by atoms with Crippen molar-refractivity contribution in [2.24, 2.45) is 0 Å². The fourth-order valence-electron chi connectivity index (χ4n) is 1.66. The highest BCUT2D eigenvalue weighted by molar-refractivity contribution is 5.87. The summed E-state index contributed by atoms with van der Waals surface area (Å²) in [5, 5.41) is 2.19. The SMILES string of the molecule is COC(=O)c1occc1CNc1c(F)c(F)cc(F)c1F. The number of furan rings is 1. The van der Waals surface area contributed by atoms with Crippen LogP contribution < -0.4 is 5.32 Å². The van der Waals surface area contributed by atoms with E-state index in [1.165, 1.54) is 12.3 Å². The van der Waals surface area contributed by atoms with Crippen molar-refractivity contribution in [3.8, 4) is 0 Å². The van der Waals surface area contributed by atoms with Crippen molar-refractivity contribution < 1.29 is 31.5 Å². The molecule has 2 rings (SSSR count). The van der Waals surface area contributed by atoms with Crippen LogP contribution in [0.2, 0.25) is 0 Å². The number of halogens is 4. The van der Waals surface area contributed by atoms with Gasteiger partial charge in [-0.3, -0.25) is 0 Å². The van der Waals surface area contributed by atoms with Gasteiger partial charge in [-0.05, 0) is 6.07 Å². The number of carbonyl (C=O) groups is 1. The number of hydrogen-bond acceptors (Lipinski definition) is 4. The Bertz CT molecular complexity index is 658. The summed E-state index contributed by atoms with van der Waals surface area (Å²) in [5.41, 5.74) is -0.755. The standard InChI is InChI=1S/C13H9F4NO3/c1-20-13(19)12-6(2-3-21-12)5-18-11-9(16)7(14)4-8(15)10(11)17/h2-4,18H,5H2,1H3. The van der Waals surface area contributed by atoms with E-state index in [1.807, 2.05) is 0 Å². The summed E-state index contributed by atoms with van der Waals surface area (Å²) in [6.45, 7) is -0.294. The second kappa shape index (κ2) is 5.86. The van der Waals surface area contributed by atoms with E-state index in [0.717, 1.165) is 7.11 Å². The summed E-state index contributed by atoms with van der Waals surface area (Å²) in [7, 11) is 1.13. The van der Waals surface area contributed by atoms with E-state index >= 15 is 0 Å². The molecule has 0 spiro atoms. The topological polar surface area (TPSA) is 51.5 Å². The Morgan fingerprint density at radius 1 is 1.24 bits per heavy atom. The van der Waals surface area contributed by atoms with E-state index in [2.05, 4.69) is 10.1 Å². The molecule has 21 heavy (non-hydrogen) atoms. The normalized spacial score (nSPS) is 10.5. The minimum absolute atomic E-state index is 0.105. The summed E-state index contributed by atoms with van der Waals surface area (Å²) in [6.07, 6.45) is 1.17. The predicted octanol–water partition coefficient (Wildman–Crippen LogP) is 3.23. The average Bonchev–Trinajstić information content (AvgIpc) is 2.93. The molecule has 1 aromatic heterocycles. The van der Waals surface area contributed by atoms with Crippen LogP contribution in [0.3, 0.4) is 0 Å². The van der Waals surface area contributed by atoms with Gasteiger partial charge in [0.2, 0.25) is 5.76 Å². The molecule has 0 aliphatic rings. The Balaban J connectivity index is 2.26. The third-order valence-electron chi connectivity index (χ3n) is 2.68. The van der Waals surface area contributed by atoms with E-state index in [9.17, 15) is 22.4 Å². The molecule has 0 bridgehead atoms. The van der Waals surface area contributed by atoms with Gasteiger partial charge in [0.15, 0.2) is 23.3 Å². The number of nitrogens with one attached hydrogen (secondary N) is 1. The summed E-state index contributed by atoms with van der Waals surface area (Å²) in [6, 6.07) is 1.46. The highest BCUT2D eigenvalue weighted by Crippen LogP contribution is 2.25. The molecule has 4 nitrogen and oxygen atoms in total. The van der Waals surface area contributed by atoms with Gasteiger partial charge < -0.3 is 14.5 Å². The Morgan fingerprint density at radius 3 is 2.43 bits per heavy atom. The van der Waals surface area contributed by atoms with Crippen LogP contribution in [0.5, 0.6) is 0 Å². The van der Waals surface area contributed by atoms with Crippen LogP contribution in [0, 0.1) is 23.3 Å². The van der Waals surface area contributed by atoms with Crippen molar-refractivity contribution in [1.82, 2.24) is 0 Å². The van der Waals surface area contributed by atoms with Crippen LogP contribution in [0.25, 0.3) is 0 Å². The molecule has 1 heterocycles. The second-order valence-electron chi connectivity index (χ2n) is 3.96. The van der Waals surface area contributed by atoms with E-state index in [0.29, 0.717) is 0 Å². The lowest BCUT2D eigenvalue weighted by Crippen LogP contribution is -2.10. The highest BCUT2D eigenvalue weighted by atomic mass is 19.2. The third-order valence-corrected chi connectivity index (χ3v) is 2.68. The number of anilines is 1. The zero-order valence-corrected chi connectivity index (χ0v) is 10.7. The lowest BCUT2D eigenvalue weighted by atomic mass is 10.2. The largest absolute Gasteiger partial charge is 0.463 e. The molecule has 1 N–H and O–H groups in total. The van der Waals surface area contributed by atoms with Gasteiger partial charge in [-0.25, -0.2) is 22.4 Å². The van der Waals surface area contributed by atoms with Crippen LogP contribution in [0.4, 0.5) is 23.2 Å². The Kier molecular flexibility index (Phi) is 4.15. The molecule has 0 aliphatic heterocycles. The van der Waals surface area contributed by atoms with E-state index in [1.54, 1.807) is 0 Å². The summed E-state index contributed by atoms with van der Waals surface area (Å²) in [5.74, 6) is -7.14. The second-order valence-corrected chi connectivity index (χ2v) is 3.96. The fraction of sp³-hybridized carbons (Fsp3) is 0.154. The molecule has 1 aromatic carbocycles. The number of ether oxygens (including phenoxy) is 1. The monoisotopic (exact) mass is 303 g/mol. The zero-order chi connectivity index (χ0) is 15.6. The van der Waals surface area contributed by atoms with Gasteiger partial charge in [-0.2, -0.15) is 0 Å². The summed E-state index contributed by atoms with van der Waals surface area (Å²) in [4.78, 5) is 11.3. The van der Waals surface area contributed by atoms with Crippen LogP contribution >= 0.6 is 0 Å². The minimum Gasteiger partial charge on any atom is -0.463 e. The third kappa shape index (κ3) is 2.83. The number of benzene rings is 1. The van der Waals surface area contributed by atoms with Crippen molar-refractivity contribution in [3.63, 3.8) is 0 Å². The van der Waals surface area contributed by atoms with Gasteiger partial charge in [-0.1, -0.05) is 0 Å². The molecule has 112 valence electrons. The molecule has 0 saturated carbocycles. The molecule has 0 aliphatic carbocycles. The molecule has 0 saturated heterocycles. The van der Waals surface area contributed by atoms with Crippen molar-refractivity contribution in [2.75, 3.05) is 12.4 Å². The van der Waals surface area contributed by atoms with Crippen LogP contribution in [-0.2, 0) is 11.3 Å². The van der Waals surface area contributed by atoms with Crippen LogP contribution in [0.15, 0.2) is 22.8 Å². The maximum Gasteiger partial charge on any atom is 0.374 e. The van der Waals surface area contributed by atoms with E-state index < -0.39 is 34.9 Å². The molecule has 0 fully saturated rings. The highest BCUT2D eigenvalue weighted by Gasteiger charge is 2.21. The molecule has 0 radical (unpaired) electrons. The first kappa shape index (κ1) is 14.9. The maximum absolute atomic E-state index is 13.4. The maximum atomic E-state index is 13.4. The Labute approximate surface area is 116 Å². The van der Waals surface area contributed by atoms with Gasteiger partial charge in [0, 0.05) is 18.2 Å². The van der Waals surface area contributed by atoms with Crippen molar-refractivity contribution in [3.05, 3.63) is 53.0 Å². The number of carbonyl (C=O) groups excluding carboxylic acids is 1. The Hall–Kier alpha value is -2.51. The number of hydrogen-bond donors (Lipinski definition) is 1. The van der Waals surface area contributed by atoms with Gasteiger partial charge >= 0.3 is 5.97 Å². The number of rotatable bonds is 4. The smallest absolute Gasteiger partial charge is 0.374 e. The first-order valence-corrected chi connectivity index (χ1v) is 5.67. The quantitative estimate of drug-likeness (QED) is 0.535. The van der Waals surface area contributed by atoms with E-state index in [4.69, 9.17) is 4.42 Å². The van der Waals surface area contributed by atoms with Gasteiger partial charge in [0.1, 0.15) is 5.69 Å². The number of methoxy groups -OCH3 is 1. The van der Waals surface area contributed by atoms with Crippen LogP contribution in [-0.4, -0.2) is 13.1 Å². The lowest BCUT2D eigenvalue weighted by Gasteiger charge is -2.09. The van der Waals surface area contributed by atoms with E-state index in [-0.39, 0.29) is 23.9 Å². The zero-order valence-electron chi connectivity index (χ0n) is 10.7. The van der Waals surface area contributed by atoms with Gasteiger partial charge in [-0.15, -0.1) is 0 Å². The van der Waals surface area contributed by atoms with Crippen molar-refractivity contribution in [1.29, 1.82) is 0 Å². The lowest BCUT2D eigenvalue weighted by molar-refractivity contribution is 0.0563. The number of esters is 1. The van der Waals surface area contributed by atoms with Crippen LogP contribution in [0.1, 0.15) is 16.1 Å². The molecule has 0 unspecified atom stereocenters. The molecule has 0 atom stereocenters. The first-order valence-electron chi connectivity index (χ1n) is 5.67. The molecule has 0 amide bonds. The molecular formula is C13H9F4NO3. The summed E-state index contributed by atoms with van der Waals surface area (Å²) < 4.78 is 62.2. The summed E-state index contributed by atoms with van der Waals surface area (Å²) >= 11 is 0. The fourth-order valence-corrected chi connectivity index (χ4v) is 1.66. The molecule has 8 heteroatoms. The van der Waals surface area contributed by atoms with Gasteiger partial charge in [0.25, 0.3) is 0 Å². The predicted molar refractivity (Wildman–Crippen MR) is 63.6 cm³/mol. The Morgan fingerprint density at radius 2 is 1.86 bits per heavy atom. The minimum atomic E-state index is -1.56. The first-order chi connectivity index (χ1) is 9.95. The molecule has 2 aromatic rings. The average molecular weight is 303 g/mol.